The smallest absolute Gasteiger partial charge is 0.00584 e. The number of hydrogen-bond acceptors (Lipinski definition) is 0. The number of aryl methyl sites for hydroxylation is 1. The van der Waals surface area contributed by atoms with Crippen molar-refractivity contribution < 1.29 is 0 Å². The fourth-order valence-electron chi connectivity index (χ4n) is 4.50. The van der Waals surface area contributed by atoms with Crippen molar-refractivity contribution in [2.24, 2.45) is 5.92 Å². The van der Waals surface area contributed by atoms with Crippen molar-refractivity contribution in [3.63, 3.8) is 0 Å². The van der Waals surface area contributed by atoms with Crippen LogP contribution in [0, 0.1) is 5.92 Å². The first-order valence-corrected chi connectivity index (χ1v) is 10.0. The molecule has 0 radical (unpaired) electrons. The molecule has 0 spiro atoms. The van der Waals surface area contributed by atoms with Crippen LogP contribution in [0.3, 0.4) is 0 Å². The van der Waals surface area contributed by atoms with E-state index in [4.69, 9.17) is 0 Å². The molecule has 2 aromatic carbocycles. The zero-order valence-corrected chi connectivity index (χ0v) is 15.9. The van der Waals surface area contributed by atoms with E-state index in [0.717, 1.165) is 19.3 Å². The topological polar surface area (TPSA) is 0 Å². The Morgan fingerprint density at radius 2 is 1.85 bits per heavy atom. The maximum absolute atomic E-state index is 2.38. The first-order valence-electron chi connectivity index (χ1n) is 10.0. The van der Waals surface area contributed by atoms with Gasteiger partial charge in [-0.15, -0.1) is 0 Å². The SMILES string of the molecule is CCCc1ccc(C(C)CC2=CC=CC3CC=CC=C23)c2ccccc12. The molecule has 2 aliphatic carbocycles. The van der Waals surface area contributed by atoms with E-state index in [-0.39, 0.29) is 0 Å². The summed E-state index contributed by atoms with van der Waals surface area (Å²) in [5.74, 6) is 1.09. The summed E-state index contributed by atoms with van der Waals surface area (Å²) in [4.78, 5) is 0. The Morgan fingerprint density at radius 3 is 2.69 bits per heavy atom. The highest BCUT2D eigenvalue weighted by atomic mass is 14.3. The van der Waals surface area contributed by atoms with Gasteiger partial charge in [0.25, 0.3) is 0 Å². The zero-order chi connectivity index (χ0) is 17.9. The zero-order valence-electron chi connectivity index (χ0n) is 15.9. The number of benzene rings is 2. The van der Waals surface area contributed by atoms with Crippen LogP contribution < -0.4 is 0 Å². The van der Waals surface area contributed by atoms with Crippen LogP contribution in [0.1, 0.15) is 50.2 Å². The van der Waals surface area contributed by atoms with Crippen LogP contribution in [0.5, 0.6) is 0 Å². The molecule has 0 fully saturated rings. The Hall–Kier alpha value is -2.34. The predicted octanol–water partition coefficient (Wildman–Crippen LogP) is 7.28. The van der Waals surface area contributed by atoms with Gasteiger partial charge in [-0.3, -0.25) is 0 Å². The normalized spacial score (nSPS) is 19.8. The molecule has 2 unspecified atom stereocenters. The van der Waals surface area contributed by atoms with Crippen LogP contribution in [0.2, 0.25) is 0 Å². The largest absolute Gasteiger partial charge is 0.0836 e. The van der Waals surface area contributed by atoms with E-state index in [9.17, 15) is 0 Å². The van der Waals surface area contributed by atoms with Crippen LogP contribution in [0.25, 0.3) is 10.8 Å². The Balaban J connectivity index is 1.67. The minimum absolute atomic E-state index is 0.515. The average molecular weight is 341 g/mol. The van der Waals surface area contributed by atoms with E-state index in [1.807, 2.05) is 0 Å². The number of hydrogen-bond donors (Lipinski definition) is 0. The molecule has 2 atom stereocenters. The van der Waals surface area contributed by atoms with Gasteiger partial charge in [0.2, 0.25) is 0 Å². The minimum atomic E-state index is 0.515. The van der Waals surface area contributed by atoms with Gasteiger partial charge >= 0.3 is 0 Å². The van der Waals surface area contributed by atoms with Crippen molar-refractivity contribution in [3.05, 3.63) is 95.1 Å². The van der Waals surface area contributed by atoms with E-state index in [1.54, 1.807) is 0 Å². The standard InChI is InChI=1S/C26H28/c1-3-9-20-16-17-23(26-15-7-6-14-25(20)26)19(2)18-22-12-8-11-21-10-4-5-13-24(21)22/h4-8,11-17,19,21H,3,9-10,18H2,1-2H3. The Morgan fingerprint density at radius 1 is 1.00 bits per heavy atom. The molecular formula is C26H28. The lowest BCUT2D eigenvalue weighted by molar-refractivity contribution is 0.705. The molecule has 0 saturated carbocycles. The van der Waals surface area contributed by atoms with E-state index in [1.165, 1.54) is 39.5 Å². The fraction of sp³-hybridized carbons (Fsp3) is 0.308. The Bertz CT molecular complexity index is 920. The minimum Gasteiger partial charge on any atom is -0.0836 e. The van der Waals surface area contributed by atoms with Crippen molar-refractivity contribution in [2.75, 3.05) is 0 Å². The van der Waals surface area contributed by atoms with Gasteiger partial charge in [0.15, 0.2) is 0 Å². The maximum Gasteiger partial charge on any atom is 0.00584 e. The third-order valence-corrected chi connectivity index (χ3v) is 5.84. The summed E-state index contributed by atoms with van der Waals surface area (Å²) in [6.07, 6.45) is 18.4. The maximum atomic E-state index is 2.38. The molecule has 2 aromatic rings. The van der Waals surface area contributed by atoms with E-state index >= 15 is 0 Å². The third kappa shape index (κ3) is 3.21. The van der Waals surface area contributed by atoms with Crippen molar-refractivity contribution in [1.82, 2.24) is 0 Å². The Labute approximate surface area is 157 Å². The first kappa shape index (κ1) is 17.1. The van der Waals surface area contributed by atoms with Gasteiger partial charge in [0.05, 0.1) is 0 Å². The highest BCUT2D eigenvalue weighted by molar-refractivity contribution is 5.89. The summed E-state index contributed by atoms with van der Waals surface area (Å²) in [7, 11) is 0. The summed E-state index contributed by atoms with van der Waals surface area (Å²) < 4.78 is 0. The van der Waals surface area contributed by atoms with Gasteiger partial charge in [-0.25, -0.2) is 0 Å². The molecule has 2 aliphatic rings. The van der Waals surface area contributed by atoms with Gasteiger partial charge in [0, 0.05) is 5.92 Å². The quantitative estimate of drug-likeness (QED) is 0.536. The second kappa shape index (κ2) is 7.50. The summed E-state index contributed by atoms with van der Waals surface area (Å²) in [6, 6.07) is 13.7. The van der Waals surface area contributed by atoms with E-state index < -0.39 is 0 Å². The third-order valence-electron chi connectivity index (χ3n) is 5.84. The number of fused-ring (bicyclic) bond motifs is 2. The molecule has 132 valence electrons. The molecule has 0 saturated heterocycles. The highest BCUT2D eigenvalue weighted by Gasteiger charge is 2.21. The van der Waals surface area contributed by atoms with Crippen molar-refractivity contribution in [2.45, 2.75) is 45.4 Å². The summed E-state index contributed by atoms with van der Waals surface area (Å²) in [5, 5.41) is 2.88. The van der Waals surface area contributed by atoms with Crippen LogP contribution in [-0.4, -0.2) is 0 Å². The summed E-state index contributed by atoms with van der Waals surface area (Å²) in [6.45, 7) is 4.64. The van der Waals surface area contributed by atoms with Crippen molar-refractivity contribution >= 4 is 10.8 Å². The van der Waals surface area contributed by atoms with Crippen LogP contribution >= 0.6 is 0 Å². The van der Waals surface area contributed by atoms with Gasteiger partial charge in [-0.05, 0) is 58.2 Å². The second-order valence-corrected chi connectivity index (χ2v) is 7.68. The van der Waals surface area contributed by atoms with Crippen molar-refractivity contribution in [1.29, 1.82) is 0 Å². The molecule has 0 N–H and O–H groups in total. The van der Waals surface area contributed by atoms with Gasteiger partial charge in [-0.2, -0.15) is 0 Å². The van der Waals surface area contributed by atoms with E-state index in [0.29, 0.717) is 11.8 Å². The first-order chi connectivity index (χ1) is 12.8. The van der Waals surface area contributed by atoms with Crippen LogP contribution in [-0.2, 0) is 6.42 Å². The monoisotopic (exact) mass is 340 g/mol. The second-order valence-electron chi connectivity index (χ2n) is 7.68. The molecule has 0 nitrogen and oxygen atoms in total. The van der Waals surface area contributed by atoms with E-state index in [2.05, 4.69) is 86.7 Å². The van der Waals surface area contributed by atoms with Gasteiger partial charge < -0.3 is 0 Å². The van der Waals surface area contributed by atoms with Crippen LogP contribution in [0.4, 0.5) is 0 Å². The van der Waals surface area contributed by atoms with Crippen LogP contribution in [0.15, 0.2) is 84.0 Å². The van der Waals surface area contributed by atoms with Gasteiger partial charge in [0.1, 0.15) is 0 Å². The van der Waals surface area contributed by atoms with Crippen molar-refractivity contribution in [3.8, 4) is 0 Å². The fourth-order valence-corrected chi connectivity index (χ4v) is 4.50. The lowest BCUT2D eigenvalue weighted by Gasteiger charge is -2.26. The molecule has 0 aliphatic heterocycles. The predicted molar refractivity (Wildman–Crippen MR) is 114 cm³/mol. The summed E-state index contributed by atoms with van der Waals surface area (Å²) in [5.41, 5.74) is 6.00. The molecule has 0 heterocycles. The molecule has 0 amide bonds. The Kier molecular flexibility index (Phi) is 4.93. The number of allylic oxidation sites excluding steroid dienone is 8. The highest BCUT2D eigenvalue weighted by Crippen LogP contribution is 2.38. The molecule has 26 heavy (non-hydrogen) atoms. The average Bonchev–Trinajstić information content (AvgIpc) is 2.68. The lowest BCUT2D eigenvalue weighted by atomic mass is 9.78. The molecule has 0 heteroatoms. The lowest BCUT2D eigenvalue weighted by Crippen LogP contribution is -2.10. The van der Waals surface area contributed by atoms with Gasteiger partial charge in [-0.1, -0.05) is 93.1 Å². The molecule has 0 aromatic heterocycles. The molecule has 0 bridgehead atoms. The number of rotatable bonds is 5. The molecular weight excluding hydrogens is 312 g/mol. The summed E-state index contributed by atoms with van der Waals surface area (Å²) >= 11 is 0. The molecule has 4 rings (SSSR count).